The number of benzene rings is 1. The van der Waals surface area contributed by atoms with E-state index in [1.807, 2.05) is 0 Å². The average molecular weight is 221 g/mol. The molecule has 1 heterocycles. The fourth-order valence-corrected chi connectivity index (χ4v) is 1.25. The molecular weight excluding hydrogens is 213 g/mol. The molecule has 0 spiro atoms. The van der Waals surface area contributed by atoms with E-state index in [0.717, 1.165) is 0 Å². The molecule has 2 rings (SSSR count). The van der Waals surface area contributed by atoms with Crippen molar-refractivity contribution in [2.75, 3.05) is 0 Å². The molecule has 1 N–H and O–H groups in total. The molecule has 82 valence electrons. The SMILES string of the molecule is O=C(O)Cc1cn(-c2ccc(F)cc2)nn1. The number of halogens is 1. The standard InChI is InChI=1S/C10H8FN3O2/c11-7-1-3-9(4-2-7)14-6-8(12-13-14)5-10(15)16/h1-4,6H,5H2,(H,15,16). The number of hydrogen-bond acceptors (Lipinski definition) is 3. The molecule has 5 nitrogen and oxygen atoms in total. The first-order chi connectivity index (χ1) is 7.65. The van der Waals surface area contributed by atoms with Gasteiger partial charge in [-0.3, -0.25) is 4.79 Å². The molecule has 16 heavy (non-hydrogen) atoms. The lowest BCUT2D eigenvalue weighted by atomic mass is 10.3. The van der Waals surface area contributed by atoms with E-state index in [4.69, 9.17) is 5.11 Å². The van der Waals surface area contributed by atoms with E-state index in [1.165, 1.54) is 35.1 Å². The average Bonchev–Trinajstić information content (AvgIpc) is 2.66. The third kappa shape index (κ3) is 2.22. The van der Waals surface area contributed by atoms with Crippen LogP contribution in [0.1, 0.15) is 5.69 Å². The van der Waals surface area contributed by atoms with E-state index in [-0.39, 0.29) is 12.2 Å². The summed E-state index contributed by atoms with van der Waals surface area (Å²) in [5.74, 6) is -1.30. The van der Waals surface area contributed by atoms with Crippen LogP contribution in [0.25, 0.3) is 5.69 Å². The number of hydrogen-bond donors (Lipinski definition) is 1. The van der Waals surface area contributed by atoms with Gasteiger partial charge in [0, 0.05) is 0 Å². The number of carboxylic acid groups (broad SMARTS) is 1. The third-order valence-electron chi connectivity index (χ3n) is 1.96. The highest BCUT2D eigenvalue weighted by Gasteiger charge is 2.06. The maximum absolute atomic E-state index is 12.7. The molecule has 0 unspecified atom stereocenters. The van der Waals surface area contributed by atoms with Gasteiger partial charge in [0.15, 0.2) is 0 Å². The molecule has 0 saturated heterocycles. The van der Waals surface area contributed by atoms with E-state index in [9.17, 15) is 9.18 Å². The predicted octanol–water partition coefficient (Wildman–Crippen LogP) is 1.03. The molecule has 6 heteroatoms. The van der Waals surface area contributed by atoms with E-state index >= 15 is 0 Å². The zero-order valence-corrected chi connectivity index (χ0v) is 8.17. The molecule has 0 radical (unpaired) electrons. The highest BCUT2D eigenvalue weighted by Crippen LogP contribution is 2.08. The molecule has 0 aliphatic rings. The largest absolute Gasteiger partial charge is 0.481 e. The minimum absolute atomic E-state index is 0.179. The lowest BCUT2D eigenvalue weighted by molar-refractivity contribution is -0.136. The first kappa shape index (κ1) is 10.3. The quantitative estimate of drug-likeness (QED) is 0.840. The Hall–Kier alpha value is -2.24. The number of aromatic nitrogens is 3. The van der Waals surface area contributed by atoms with Crippen LogP contribution >= 0.6 is 0 Å². The minimum Gasteiger partial charge on any atom is -0.481 e. The number of carboxylic acids is 1. The van der Waals surface area contributed by atoms with Crippen LogP contribution < -0.4 is 0 Å². The molecule has 0 aliphatic carbocycles. The van der Waals surface area contributed by atoms with Crippen molar-refractivity contribution in [1.82, 2.24) is 15.0 Å². The Morgan fingerprint density at radius 1 is 1.38 bits per heavy atom. The first-order valence-electron chi connectivity index (χ1n) is 4.54. The van der Waals surface area contributed by atoms with Gasteiger partial charge in [0.25, 0.3) is 0 Å². The van der Waals surface area contributed by atoms with Gasteiger partial charge in [-0.2, -0.15) is 0 Å². The second-order valence-electron chi connectivity index (χ2n) is 3.20. The highest BCUT2D eigenvalue weighted by atomic mass is 19.1. The van der Waals surface area contributed by atoms with E-state index in [0.29, 0.717) is 11.4 Å². The molecule has 0 aliphatic heterocycles. The lowest BCUT2D eigenvalue weighted by Crippen LogP contribution is -1.99. The monoisotopic (exact) mass is 221 g/mol. The maximum atomic E-state index is 12.7. The Labute approximate surface area is 90.1 Å². The fourth-order valence-electron chi connectivity index (χ4n) is 1.25. The highest BCUT2D eigenvalue weighted by molar-refractivity contribution is 5.69. The van der Waals surface area contributed by atoms with Crippen LogP contribution in [0.4, 0.5) is 4.39 Å². The second kappa shape index (κ2) is 4.09. The van der Waals surface area contributed by atoms with Gasteiger partial charge in [-0.15, -0.1) is 5.10 Å². The van der Waals surface area contributed by atoms with Crippen molar-refractivity contribution in [3.63, 3.8) is 0 Å². The number of nitrogens with zero attached hydrogens (tertiary/aromatic N) is 3. The van der Waals surface area contributed by atoms with Gasteiger partial charge in [0.05, 0.1) is 24.0 Å². The summed E-state index contributed by atoms with van der Waals surface area (Å²) in [5.41, 5.74) is 0.988. The summed E-state index contributed by atoms with van der Waals surface area (Å²) in [6.07, 6.45) is 1.32. The van der Waals surface area contributed by atoms with Crippen molar-refractivity contribution in [2.45, 2.75) is 6.42 Å². The molecule has 0 saturated carbocycles. The molecule has 0 fully saturated rings. The summed E-state index contributed by atoms with van der Waals surface area (Å²) in [5, 5.41) is 16.0. The number of carbonyl (C=O) groups is 1. The van der Waals surface area contributed by atoms with Gasteiger partial charge >= 0.3 is 5.97 Å². The van der Waals surface area contributed by atoms with Crippen LogP contribution in [0.3, 0.4) is 0 Å². The van der Waals surface area contributed by atoms with E-state index in [2.05, 4.69) is 10.3 Å². The first-order valence-corrected chi connectivity index (χ1v) is 4.54. The zero-order chi connectivity index (χ0) is 11.5. The van der Waals surface area contributed by atoms with Crippen molar-refractivity contribution in [3.05, 3.63) is 42.0 Å². The lowest BCUT2D eigenvalue weighted by Gasteiger charge is -1.98. The summed E-state index contributed by atoms with van der Waals surface area (Å²) >= 11 is 0. The van der Waals surface area contributed by atoms with Gasteiger partial charge < -0.3 is 5.11 Å². The summed E-state index contributed by atoms with van der Waals surface area (Å²) in [6, 6.07) is 5.67. The number of aliphatic carboxylic acids is 1. The van der Waals surface area contributed by atoms with Crippen molar-refractivity contribution in [2.24, 2.45) is 0 Å². The van der Waals surface area contributed by atoms with Gasteiger partial charge in [-0.1, -0.05) is 5.21 Å². The van der Waals surface area contributed by atoms with Crippen molar-refractivity contribution in [1.29, 1.82) is 0 Å². The summed E-state index contributed by atoms with van der Waals surface area (Å²) in [6.45, 7) is 0. The minimum atomic E-state index is -0.967. The molecule has 1 aromatic carbocycles. The third-order valence-corrected chi connectivity index (χ3v) is 1.96. The van der Waals surface area contributed by atoms with E-state index in [1.54, 1.807) is 0 Å². The van der Waals surface area contributed by atoms with Crippen molar-refractivity contribution in [3.8, 4) is 5.69 Å². The normalized spacial score (nSPS) is 10.3. The number of rotatable bonds is 3. The molecule has 0 bridgehead atoms. The van der Waals surface area contributed by atoms with Crippen LogP contribution in [0, 0.1) is 5.82 Å². The Morgan fingerprint density at radius 3 is 2.69 bits per heavy atom. The predicted molar refractivity (Wildman–Crippen MR) is 52.7 cm³/mol. The smallest absolute Gasteiger partial charge is 0.309 e. The van der Waals surface area contributed by atoms with Gasteiger partial charge in [0.2, 0.25) is 0 Å². The van der Waals surface area contributed by atoms with Crippen LogP contribution in [0.2, 0.25) is 0 Å². The van der Waals surface area contributed by atoms with Gasteiger partial charge in [-0.05, 0) is 24.3 Å². The van der Waals surface area contributed by atoms with Gasteiger partial charge in [0.1, 0.15) is 5.82 Å². The molecule has 0 atom stereocenters. The van der Waals surface area contributed by atoms with Crippen LogP contribution in [0.15, 0.2) is 30.5 Å². The Bertz CT molecular complexity index is 507. The van der Waals surface area contributed by atoms with Gasteiger partial charge in [-0.25, -0.2) is 9.07 Å². The van der Waals surface area contributed by atoms with Crippen LogP contribution in [-0.2, 0) is 11.2 Å². The molecule has 0 amide bonds. The topological polar surface area (TPSA) is 68.0 Å². The van der Waals surface area contributed by atoms with Crippen LogP contribution in [0.5, 0.6) is 0 Å². The molecular formula is C10H8FN3O2. The molecule has 2 aromatic rings. The Morgan fingerprint density at radius 2 is 2.06 bits per heavy atom. The van der Waals surface area contributed by atoms with Crippen molar-refractivity contribution < 1.29 is 14.3 Å². The zero-order valence-electron chi connectivity index (χ0n) is 8.17. The summed E-state index contributed by atoms with van der Waals surface area (Å²) in [4.78, 5) is 10.4. The van der Waals surface area contributed by atoms with E-state index < -0.39 is 5.97 Å². The maximum Gasteiger partial charge on any atom is 0.309 e. The summed E-state index contributed by atoms with van der Waals surface area (Å²) < 4.78 is 14.1. The van der Waals surface area contributed by atoms with Crippen LogP contribution in [-0.4, -0.2) is 26.1 Å². The summed E-state index contributed by atoms with van der Waals surface area (Å²) in [7, 11) is 0. The van der Waals surface area contributed by atoms with Crippen molar-refractivity contribution >= 4 is 5.97 Å². The fraction of sp³-hybridized carbons (Fsp3) is 0.100. The molecule has 1 aromatic heterocycles. The Balaban J connectivity index is 2.24. The second-order valence-corrected chi connectivity index (χ2v) is 3.20. The Kier molecular flexibility index (Phi) is 2.63.